The Morgan fingerprint density at radius 1 is 1.11 bits per heavy atom. The van der Waals surface area contributed by atoms with E-state index in [-0.39, 0.29) is 12.4 Å². The molecular formula is C23H29ClN4. The third-order valence-electron chi connectivity index (χ3n) is 5.72. The first-order chi connectivity index (χ1) is 13.1. The van der Waals surface area contributed by atoms with E-state index in [4.69, 9.17) is 5.73 Å². The highest BCUT2D eigenvalue weighted by Gasteiger charge is 2.33. The van der Waals surface area contributed by atoms with Crippen LogP contribution in [0.1, 0.15) is 22.6 Å². The molecule has 2 atom stereocenters. The quantitative estimate of drug-likeness (QED) is 0.709. The third-order valence-corrected chi connectivity index (χ3v) is 5.72. The van der Waals surface area contributed by atoms with Crippen molar-refractivity contribution in [1.82, 2.24) is 14.7 Å². The van der Waals surface area contributed by atoms with Crippen LogP contribution in [-0.4, -0.2) is 34.3 Å². The number of hydrogen-bond donors (Lipinski definition) is 1. The molecule has 0 aliphatic carbocycles. The minimum absolute atomic E-state index is 0. The predicted molar refractivity (Wildman–Crippen MR) is 118 cm³/mol. The van der Waals surface area contributed by atoms with Gasteiger partial charge in [0.2, 0.25) is 0 Å². The van der Waals surface area contributed by atoms with Crippen molar-refractivity contribution >= 4 is 12.4 Å². The second-order valence-corrected chi connectivity index (χ2v) is 7.77. The lowest BCUT2D eigenvalue weighted by atomic mass is 9.89. The average Bonchev–Trinajstić information content (AvgIpc) is 3.30. The summed E-state index contributed by atoms with van der Waals surface area (Å²) in [5.74, 6) is 1.03. The van der Waals surface area contributed by atoms with Gasteiger partial charge in [-0.2, -0.15) is 5.10 Å². The van der Waals surface area contributed by atoms with Gasteiger partial charge in [-0.15, -0.1) is 12.4 Å². The van der Waals surface area contributed by atoms with Crippen LogP contribution >= 0.6 is 12.4 Å². The Bertz CT molecular complexity index is 906. The molecule has 1 aliphatic rings. The zero-order valence-electron chi connectivity index (χ0n) is 16.6. The summed E-state index contributed by atoms with van der Waals surface area (Å²) in [6, 6.07) is 17.6. The van der Waals surface area contributed by atoms with Gasteiger partial charge in [0, 0.05) is 44.4 Å². The summed E-state index contributed by atoms with van der Waals surface area (Å²) in [6.07, 6.45) is 4.05. The van der Waals surface area contributed by atoms with Gasteiger partial charge in [0.15, 0.2) is 0 Å². The molecule has 2 aromatic carbocycles. The molecule has 0 bridgehead atoms. The molecule has 4 nitrogen and oxygen atoms in total. The number of likely N-dealkylation sites (tertiary alicyclic amines) is 1. The molecule has 148 valence electrons. The van der Waals surface area contributed by atoms with Gasteiger partial charge >= 0.3 is 0 Å². The number of aryl methyl sites for hydroxylation is 2. The molecule has 2 heterocycles. The highest BCUT2D eigenvalue weighted by atomic mass is 35.5. The van der Waals surface area contributed by atoms with Gasteiger partial charge in [0.25, 0.3) is 0 Å². The molecule has 0 radical (unpaired) electrons. The molecular weight excluding hydrogens is 368 g/mol. The lowest BCUT2D eigenvalue weighted by Gasteiger charge is -2.19. The van der Waals surface area contributed by atoms with E-state index < -0.39 is 0 Å². The van der Waals surface area contributed by atoms with E-state index in [9.17, 15) is 0 Å². The Morgan fingerprint density at radius 2 is 1.89 bits per heavy atom. The fraction of sp³-hybridized carbons (Fsp3) is 0.348. The van der Waals surface area contributed by atoms with Crippen LogP contribution in [0.2, 0.25) is 0 Å². The van der Waals surface area contributed by atoms with Crippen molar-refractivity contribution in [3.05, 3.63) is 77.6 Å². The van der Waals surface area contributed by atoms with Crippen molar-refractivity contribution in [3.63, 3.8) is 0 Å². The minimum atomic E-state index is 0. The molecule has 0 saturated carbocycles. The normalized spacial score (nSPS) is 19.5. The molecule has 5 heteroatoms. The predicted octanol–water partition coefficient (Wildman–Crippen LogP) is 3.99. The van der Waals surface area contributed by atoms with Crippen molar-refractivity contribution in [2.45, 2.75) is 19.4 Å². The number of nitrogens with two attached hydrogens (primary N) is 1. The van der Waals surface area contributed by atoms with Crippen LogP contribution in [0.5, 0.6) is 0 Å². The van der Waals surface area contributed by atoms with Crippen molar-refractivity contribution in [1.29, 1.82) is 0 Å². The molecule has 0 spiro atoms. The van der Waals surface area contributed by atoms with Gasteiger partial charge in [-0.05, 0) is 36.1 Å². The average molecular weight is 397 g/mol. The maximum Gasteiger partial charge on any atom is 0.0568 e. The van der Waals surface area contributed by atoms with Crippen LogP contribution in [0.3, 0.4) is 0 Å². The van der Waals surface area contributed by atoms with Crippen LogP contribution in [0, 0.1) is 12.8 Å². The van der Waals surface area contributed by atoms with Gasteiger partial charge in [-0.3, -0.25) is 9.58 Å². The fourth-order valence-electron chi connectivity index (χ4n) is 4.30. The lowest BCUT2D eigenvalue weighted by Crippen LogP contribution is -2.23. The summed E-state index contributed by atoms with van der Waals surface area (Å²) in [5.41, 5.74) is 12.6. The van der Waals surface area contributed by atoms with Gasteiger partial charge in [0.05, 0.1) is 6.20 Å². The van der Waals surface area contributed by atoms with Crippen molar-refractivity contribution in [3.8, 4) is 11.1 Å². The monoisotopic (exact) mass is 396 g/mol. The molecule has 0 unspecified atom stereocenters. The van der Waals surface area contributed by atoms with Gasteiger partial charge in [0.1, 0.15) is 0 Å². The number of nitrogens with zero attached hydrogens (tertiary/aromatic N) is 3. The van der Waals surface area contributed by atoms with Crippen LogP contribution in [0.15, 0.2) is 60.9 Å². The lowest BCUT2D eigenvalue weighted by molar-refractivity contribution is 0.317. The smallest absolute Gasteiger partial charge is 0.0568 e. The molecule has 3 aromatic rings. The second-order valence-electron chi connectivity index (χ2n) is 7.77. The molecule has 1 saturated heterocycles. The molecule has 1 fully saturated rings. The zero-order valence-corrected chi connectivity index (χ0v) is 17.4. The van der Waals surface area contributed by atoms with E-state index in [1.165, 1.54) is 27.8 Å². The number of hydrogen-bond acceptors (Lipinski definition) is 3. The van der Waals surface area contributed by atoms with E-state index in [2.05, 4.69) is 71.7 Å². The Kier molecular flexibility index (Phi) is 6.55. The van der Waals surface area contributed by atoms with Crippen molar-refractivity contribution < 1.29 is 0 Å². The summed E-state index contributed by atoms with van der Waals surface area (Å²) in [4.78, 5) is 2.56. The topological polar surface area (TPSA) is 47.1 Å². The summed E-state index contributed by atoms with van der Waals surface area (Å²) < 4.78 is 1.87. The number of rotatable bonds is 5. The molecule has 1 aliphatic heterocycles. The number of benzene rings is 2. The van der Waals surface area contributed by atoms with Gasteiger partial charge in [-0.1, -0.05) is 54.1 Å². The third kappa shape index (κ3) is 4.30. The molecule has 28 heavy (non-hydrogen) atoms. The largest absolute Gasteiger partial charge is 0.330 e. The van der Waals surface area contributed by atoms with E-state index in [0.29, 0.717) is 11.8 Å². The Morgan fingerprint density at radius 3 is 2.57 bits per heavy atom. The molecule has 0 amide bonds. The van der Waals surface area contributed by atoms with E-state index in [1.54, 1.807) is 0 Å². The van der Waals surface area contributed by atoms with Crippen molar-refractivity contribution in [2.24, 2.45) is 18.7 Å². The molecule has 4 rings (SSSR count). The second kappa shape index (κ2) is 8.91. The summed E-state index contributed by atoms with van der Waals surface area (Å²) >= 11 is 0. The van der Waals surface area contributed by atoms with Crippen molar-refractivity contribution in [2.75, 3.05) is 19.6 Å². The highest BCUT2D eigenvalue weighted by molar-refractivity contribution is 5.85. The highest BCUT2D eigenvalue weighted by Crippen LogP contribution is 2.34. The van der Waals surface area contributed by atoms with Gasteiger partial charge in [-0.25, -0.2) is 0 Å². The Balaban J connectivity index is 0.00000225. The maximum atomic E-state index is 6.12. The van der Waals surface area contributed by atoms with Gasteiger partial charge < -0.3 is 5.73 Å². The molecule has 1 aromatic heterocycles. The summed E-state index contributed by atoms with van der Waals surface area (Å²) in [5, 5.41) is 4.36. The number of halogens is 1. The van der Waals surface area contributed by atoms with Crippen LogP contribution in [0.4, 0.5) is 0 Å². The SMILES string of the molecule is Cc1ccc(CN2C[C@@H](CN)[C@H](c3ccccc3)C2)c(-c2cnn(C)c2)c1.Cl. The van der Waals surface area contributed by atoms with E-state index in [1.807, 2.05) is 17.9 Å². The van der Waals surface area contributed by atoms with E-state index >= 15 is 0 Å². The fourth-order valence-corrected chi connectivity index (χ4v) is 4.30. The van der Waals surface area contributed by atoms with E-state index in [0.717, 1.165) is 26.2 Å². The first-order valence-electron chi connectivity index (χ1n) is 9.70. The summed E-state index contributed by atoms with van der Waals surface area (Å²) in [7, 11) is 1.97. The Hall–Kier alpha value is -2.14. The zero-order chi connectivity index (χ0) is 18.8. The molecule has 2 N–H and O–H groups in total. The maximum absolute atomic E-state index is 6.12. The number of aromatic nitrogens is 2. The van der Waals surface area contributed by atoms with Crippen LogP contribution in [-0.2, 0) is 13.6 Å². The Labute approximate surface area is 173 Å². The first-order valence-corrected chi connectivity index (χ1v) is 9.70. The van der Waals surface area contributed by atoms with Crippen LogP contribution < -0.4 is 5.73 Å². The first kappa shape index (κ1) is 20.6. The standard InChI is InChI=1S/C23H28N4.ClH/c1-17-8-9-19(22(10-17)21-12-25-26(2)13-21)14-27-15-20(11-24)23(16-27)18-6-4-3-5-7-18;/h3-10,12-13,20,23H,11,14-16,24H2,1-2H3;1H/t20-,23+;/m1./s1. The minimum Gasteiger partial charge on any atom is -0.330 e. The van der Waals surface area contributed by atoms with Crippen LogP contribution in [0.25, 0.3) is 11.1 Å². The summed E-state index contributed by atoms with van der Waals surface area (Å²) in [6.45, 7) is 5.95.